The van der Waals surface area contributed by atoms with Crippen molar-refractivity contribution in [2.24, 2.45) is 0 Å². The maximum Gasteiger partial charge on any atom is 0.174 e. The van der Waals surface area contributed by atoms with E-state index in [-0.39, 0.29) is 11.8 Å². The molecule has 0 saturated carbocycles. The average molecular weight is 405 g/mol. The van der Waals surface area contributed by atoms with Crippen LogP contribution < -0.4 is 5.32 Å². The monoisotopic (exact) mass is 404 g/mol. The summed E-state index contributed by atoms with van der Waals surface area (Å²) in [7, 11) is 0. The maximum absolute atomic E-state index is 12.4. The Morgan fingerprint density at radius 2 is 1.62 bits per heavy atom. The second-order valence-corrected chi connectivity index (χ2v) is 7.46. The Hall–Kier alpha value is -1.88. The normalized spacial score (nSPS) is 17.3. The van der Waals surface area contributed by atoms with Crippen molar-refractivity contribution in [1.29, 1.82) is 0 Å². The Morgan fingerprint density at radius 3 is 2.15 bits per heavy atom. The van der Waals surface area contributed by atoms with Gasteiger partial charge in [-0.2, -0.15) is 0 Å². The summed E-state index contributed by atoms with van der Waals surface area (Å²) in [4.78, 5) is 14.3. The lowest BCUT2D eigenvalue weighted by atomic mass is 9.92. The molecular formula is C20H18Cl2N2OS. The molecule has 3 rings (SSSR count). The molecule has 1 atom stereocenters. The number of carbonyl (C=O) groups excluding carboxylic acids is 1. The lowest BCUT2D eigenvalue weighted by molar-refractivity contribution is -0.114. The average Bonchev–Trinajstić information content (AvgIpc) is 2.60. The highest BCUT2D eigenvalue weighted by Crippen LogP contribution is 2.32. The quantitative estimate of drug-likeness (QED) is 0.701. The van der Waals surface area contributed by atoms with Gasteiger partial charge in [-0.3, -0.25) is 4.79 Å². The molecule has 0 radical (unpaired) electrons. The van der Waals surface area contributed by atoms with Crippen molar-refractivity contribution in [3.63, 3.8) is 0 Å². The smallest absolute Gasteiger partial charge is 0.174 e. The molecule has 2 aromatic carbocycles. The first kappa shape index (κ1) is 18.9. The van der Waals surface area contributed by atoms with E-state index in [1.165, 1.54) is 0 Å². The number of thiocarbonyl (C=S) groups is 1. The number of carbonyl (C=O) groups is 1. The van der Waals surface area contributed by atoms with Crippen LogP contribution in [0.4, 0.5) is 0 Å². The van der Waals surface area contributed by atoms with Gasteiger partial charge in [-0.25, -0.2) is 0 Å². The summed E-state index contributed by atoms with van der Waals surface area (Å²) >= 11 is 17.5. The van der Waals surface area contributed by atoms with Crippen LogP contribution in [0.15, 0.2) is 59.8 Å². The third kappa shape index (κ3) is 3.93. The van der Waals surface area contributed by atoms with Gasteiger partial charge in [0.1, 0.15) is 0 Å². The van der Waals surface area contributed by atoms with E-state index in [4.69, 9.17) is 35.4 Å². The van der Waals surface area contributed by atoms with Crippen molar-refractivity contribution in [2.45, 2.75) is 26.4 Å². The van der Waals surface area contributed by atoms with Gasteiger partial charge in [-0.15, -0.1) is 0 Å². The molecular weight excluding hydrogens is 387 g/mol. The van der Waals surface area contributed by atoms with Crippen molar-refractivity contribution in [3.05, 3.63) is 81.0 Å². The molecule has 0 spiro atoms. The Bertz CT molecular complexity index is 876. The predicted molar refractivity (Wildman–Crippen MR) is 110 cm³/mol. The zero-order chi connectivity index (χ0) is 18.8. The van der Waals surface area contributed by atoms with Gasteiger partial charge in [0.15, 0.2) is 10.9 Å². The van der Waals surface area contributed by atoms with Crippen LogP contribution >= 0.6 is 35.4 Å². The molecule has 0 aromatic heterocycles. The fourth-order valence-electron chi connectivity index (χ4n) is 3.11. The Morgan fingerprint density at radius 1 is 1.08 bits per heavy atom. The molecule has 0 bridgehead atoms. The number of benzene rings is 2. The van der Waals surface area contributed by atoms with Gasteiger partial charge in [0, 0.05) is 27.9 Å². The number of Topliss-reactive ketones (excluding diaryl/α,β-unsaturated/α-hetero) is 1. The summed E-state index contributed by atoms with van der Waals surface area (Å²) in [6, 6.07) is 14.8. The standard InChI is InChI=1S/C20H18Cl2N2OS/c1-12-18(13(2)25)19(15-5-9-17(22)10-6-15)23-20(26)24(12)11-14-3-7-16(21)8-4-14/h3-10,19H,11H2,1-2H3,(H,23,26). The zero-order valence-corrected chi connectivity index (χ0v) is 16.8. The van der Waals surface area contributed by atoms with E-state index in [2.05, 4.69) is 5.32 Å². The summed E-state index contributed by atoms with van der Waals surface area (Å²) in [5.41, 5.74) is 3.57. The molecule has 6 heteroatoms. The van der Waals surface area contributed by atoms with Crippen LogP contribution in [0.5, 0.6) is 0 Å². The minimum absolute atomic E-state index is 0.0126. The van der Waals surface area contributed by atoms with Gasteiger partial charge in [-0.1, -0.05) is 47.5 Å². The molecule has 0 aliphatic carbocycles. The van der Waals surface area contributed by atoms with Crippen molar-refractivity contribution >= 4 is 46.3 Å². The van der Waals surface area contributed by atoms with Crippen LogP contribution in [0.3, 0.4) is 0 Å². The second kappa shape index (κ2) is 7.78. The molecule has 1 N–H and O–H groups in total. The lowest BCUT2D eigenvalue weighted by Gasteiger charge is -2.38. The Labute approximate surface area is 168 Å². The van der Waals surface area contributed by atoms with Crippen LogP contribution in [0, 0.1) is 0 Å². The number of nitrogens with zero attached hydrogens (tertiary/aromatic N) is 1. The van der Waals surface area contributed by atoms with Crippen molar-refractivity contribution in [2.75, 3.05) is 0 Å². The van der Waals surface area contributed by atoms with Crippen molar-refractivity contribution in [3.8, 4) is 0 Å². The van der Waals surface area contributed by atoms with E-state index in [1.807, 2.05) is 60.4 Å². The molecule has 1 heterocycles. The molecule has 0 fully saturated rings. The van der Waals surface area contributed by atoms with Crippen LogP contribution in [0.2, 0.25) is 10.0 Å². The number of hydrogen-bond donors (Lipinski definition) is 1. The first-order valence-electron chi connectivity index (χ1n) is 8.16. The zero-order valence-electron chi connectivity index (χ0n) is 14.4. The summed E-state index contributed by atoms with van der Waals surface area (Å²) in [5, 5.41) is 5.23. The summed E-state index contributed by atoms with van der Waals surface area (Å²) < 4.78 is 0. The third-order valence-corrected chi connectivity index (χ3v) is 5.28. The van der Waals surface area contributed by atoms with E-state index in [0.717, 1.165) is 16.8 Å². The molecule has 1 aliphatic heterocycles. The highest BCUT2D eigenvalue weighted by Gasteiger charge is 2.32. The number of hydrogen-bond acceptors (Lipinski definition) is 2. The molecule has 2 aromatic rings. The fourth-order valence-corrected chi connectivity index (χ4v) is 3.68. The van der Waals surface area contributed by atoms with E-state index in [9.17, 15) is 4.79 Å². The number of halogens is 2. The summed E-state index contributed by atoms with van der Waals surface area (Å²) in [6.45, 7) is 4.08. The molecule has 0 saturated heterocycles. The highest BCUT2D eigenvalue weighted by molar-refractivity contribution is 7.80. The maximum atomic E-state index is 12.4. The van der Waals surface area contributed by atoms with Crippen molar-refractivity contribution in [1.82, 2.24) is 10.2 Å². The summed E-state index contributed by atoms with van der Waals surface area (Å²) in [5.74, 6) is 0.0126. The second-order valence-electron chi connectivity index (χ2n) is 6.20. The molecule has 3 nitrogen and oxygen atoms in total. The van der Waals surface area contributed by atoms with Gasteiger partial charge < -0.3 is 10.2 Å². The topological polar surface area (TPSA) is 32.3 Å². The highest BCUT2D eigenvalue weighted by atomic mass is 35.5. The lowest BCUT2D eigenvalue weighted by Crippen LogP contribution is -2.47. The van der Waals surface area contributed by atoms with Crippen LogP contribution in [0.1, 0.15) is 31.0 Å². The van der Waals surface area contributed by atoms with Crippen LogP contribution in [0.25, 0.3) is 0 Å². The Kier molecular flexibility index (Phi) is 5.66. The van der Waals surface area contributed by atoms with E-state index < -0.39 is 0 Å². The third-order valence-electron chi connectivity index (χ3n) is 4.43. The van der Waals surface area contributed by atoms with Crippen LogP contribution in [-0.4, -0.2) is 15.8 Å². The van der Waals surface area contributed by atoms with Gasteiger partial charge >= 0.3 is 0 Å². The number of nitrogens with one attached hydrogen (secondary N) is 1. The van der Waals surface area contributed by atoms with E-state index in [0.29, 0.717) is 27.3 Å². The van der Waals surface area contributed by atoms with Gasteiger partial charge in [0.05, 0.1) is 6.04 Å². The fraction of sp³-hybridized carbons (Fsp3) is 0.200. The summed E-state index contributed by atoms with van der Waals surface area (Å²) in [6.07, 6.45) is 0. The minimum atomic E-state index is -0.279. The number of ketones is 1. The van der Waals surface area contributed by atoms with Crippen molar-refractivity contribution < 1.29 is 4.79 Å². The van der Waals surface area contributed by atoms with Gasteiger partial charge in [0.2, 0.25) is 0 Å². The molecule has 0 amide bonds. The largest absolute Gasteiger partial charge is 0.351 e. The van der Waals surface area contributed by atoms with E-state index >= 15 is 0 Å². The first-order valence-corrected chi connectivity index (χ1v) is 9.33. The molecule has 26 heavy (non-hydrogen) atoms. The number of rotatable bonds is 4. The van der Waals surface area contributed by atoms with E-state index in [1.54, 1.807) is 6.92 Å². The van der Waals surface area contributed by atoms with Gasteiger partial charge in [-0.05, 0) is 61.5 Å². The number of allylic oxidation sites excluding steroid dienone is 1. The first-order chi connectivity index (χ1) is 12.4. The molecule has 1 aliphatic rings. The predicted octanol–water partition coefficient (Wildman–Crippen LogP) is 5.29. The molecule has 134 valence electrons. The molecule has 1 unspecified atom stereocenters. The van der Waals surface area contributed by atoms with Crippen LogP contribution in [-0.2, 0) is 11.3 Å². The van der Waals surface area contributed by atoms with Gasteiger partial charge in [0.25, 0.3) is 0 Å². The Balaban J connectivity index is 1.98. The SMILES string of the molecule is CC(=O)C1=C(C)N(Cc2ccc(Cl)cc2)C(=S)NC1c1ccc(Cl)cc1. The minimum Gasteiger partial charge on any atom is -0.351 e.